The van der Waals surface area contributed by atoms with E-state index in [1.165, 1.54) is 0 Å². The van der Waals surface area contributed by atoms with E-state index in [9.17, 15) is 9.18 Å². The molecule has 0 aromatic carbocycles. The maximum Gasteiger partial charge on any atom is 0.519 e. The van der Waals surface area contributed by atoms with Gasteiger partial charge in [-0.3, -0.25) is 0 Å². The fraction of sp³-hybridized carbons (Fsp3) is 0. The molecule has 0 fully saturated rings. The summed E-state index contributed by atoms with van der Waals surface area (Å²) in [6.45, 7) is 0. The number of halogens is 1. The highest BCUT2D eigenvalue weighted by atomic mass is 19.1. The van der Waals surface area contributed by atoms with E-state index in [4.69, 9.17) is 0 Å². The quantitative estimate of drug-likeness (QED) is 0.478. The first-order valence-corrected chi connectivity index (χ1v) is 2.03. The molecule has 0 bridgehead atoms. The first kappa shape index (κ1) is 5.63. The molecule has 0 aliphatic rings. The molecule has 0 aliphatic carbocycles. The van der Waals surface area contributed by atoms with Crippen LogP contribution in [0.4, 0.5) is 4.39 Å². The molecule has 0 radical (unpaired) electrons. The molecular formula is C5HFO3. The number of hydrogen-bond acceptors (Lipinski definition) is 3. The Kier molecular flexibility index (Phi) is 1.36. The third-order valence-electron chi connectivity index (χ3n) is 0.626. The summed E-state index contributed by atoms with van der Waals surface area (Å²) in [6.07, 6.45) is 1.99. The third-order valence-corrected chi connectivity index (χ3v) is 0.626. The van der Waals surface area contributed by atoms with Crippen molar-refractivity contribution in [2.75, 3.05) is 0 Å². The zero-order chi connectivity index (χ0) is 6.69. The van der Waals surface area contributed by atoms with Gasteiger partial charge in [-0.05, 0) is 0 Å². The van der Waals surface area contributed by atoms with Crippen molar-refractivity contribution in [1.82, 2.24) is 0 Å². The molecule has 0 aliphatic heterocycles. The van der Waals surface area contributed by atoms with Gasteiger partial charge in [-0.1, -0.05) is 0 Å². The summed E-state index contributed by atoms with van der Waals surface area (Å²) < 4.78 is 19.4. The Bertz CT molecular complexity index is 298. The van der Waals surface area contributed by atoms with Crippen LogP contribution in [0.1, 0.15) is 5.76 Å². The Morgan fingerprint density at radius 1 is 1.67 bits per heavy atom. The van der Waals surface area contributed by atoms with Crippen LogP contribution in [0.2, 0.25) is 0 Å². The number of hydrogen-bond donors (Lipinski definition) is 0. The van der Waals surface area contributed by atoms with Crippen LogP contribution in [0.5, 0.6) is 0 Å². The van der Waals surface area contributed by atoms with Crippen molar-refractivity contribution in [2.45, 2.75) is 0 Å². The lowest BCUT2D eigenvalue weighted by Gasteiger charge is -1.64. The Morgan fingerprint density at radius 3 is 2.89 bits per heavy atom. The van der Waals surface area contributed by atoms with Gasteiger partial charge in [0.25, 0.3) is 0 Å². The highest BCUT2D eigenvalue weighted by molar-refractivity contribution is 5.17. The second-order valence-electron chi connectivity index (χ2n) is 1.17. The van der Waals surface area contributed by atoms with Gasteiger partial charge in [-0.2, -0.15) is 0 Å². The van der Waals surface area contributed by atoms with Gasteiger partial charge in [-0.25, -0.2) is 4.79 Å². The minimum Gasteiger partial charge on any atom is -0.398 e. The standard InChI is InChI=1S/C5HFO3/c6-2-1-4-3-8-5(7)9-4/h3H. The van der Waals surface area contributed by atoms with E-state index in [-0.39, 0.29) is 5.76 Å². The second kappa shape index (κ2) is 2.18. The lowest BCUT2D eigenvalue weighted by atomic mass is 10.6. The van der Waals surface area contributed by atoms with E-state index in [0.717, 1.165) is 12.4 Å². The predicted molar refractivity (Wildman–Crippen MR) is 25.2 cm³/mol. The van der Waals surface area contributed by atoms with Gasteiger partial charge in [0, 0.05) is 5.92 Å². The van der Waals surface area contributed by atoms with Crippen molar-refractivity contribution >= 4 is 0 Å². The van der Waals surface area contributed by atoms with Crippen LogP contribution >= 0.6 is 0 Å². The van der Waals surface area contributed by atoms with Crippen LogP contribution < -0.4 is 5.82 Å². The van der Waals surface area contributed by atoms with Crippen LogP contribution in [0.3, 0.4) is 0 Å². The zero-order valence-electron chi connectivity index (χ0n) is 4.18. The molecular weight excluding hydrogens is 127 g/mol. The van der Waals surface area contributed by atoms with E-state index in [1.807, 2.05) is 5.92 Å². The minimum absolute atomic E-state index is 0.109. The molecule has 1 aromatic rings. The smallest absolute Gasteiger partial charge is 0.398 e. The fourth-order valence-electron chi connectivity index (χ4n) is 0.341. The van der Waals surface area contributed by atoms with E-state index in [0.29, 0.717) is 0 Å². The van der Waals surface area contributed by atoms with Crippen molar-refractivity contribution in [3.8, 4) is 12.1 Å². The van der Waals surface area contributed by atoms with Gasteiger partial charge >= 0.3 is 5.82 Å². The lowest BCUT2D eigenvalue weighted by molar-refractivity contribution is 0.383. The maximum atomic E-state index is 11.1. The predicted octanol–water partition coefficient (Wildman–Crippen LogP) is 0.511. The van der Waals surface area contributed by atoms with Crippen LogP contribution in [-0.4, -0.2) is 0 Å². The molecule has 0 spiro atoms. The average Bonchev–Trinajstić information content (AvgIpc) is 2.17. The van der Waals surface area contributed by atoms with Gasteiger partial charge in [0.05, 0.1) is 0 Å². The highest BCUT2D eigenvalue weighted by Crippen LogP contribution is 1.89. The Balaban J connectivity index is 3.07. The average molecular weight is 128 g/mol. The molecule has 0 amide bonds. The molecule has 0 N–H and O–H groups in total. The van der Waals surface area contributed by atoms with Gasteiger partial charge < -0.3 is 8.83 Å². The first-order chi connectivity index (χ1) is 4.33. The van der Waals surface area contributed by atoms with Crippen LogP contribution in [0.15, 0.2) is 19.9 Å². The summed E-state index contributed by atoms with van der Waals surface area (Å²) in [5.41, 5.74) is 0. The van der Waals surface area contributed by atoms with Gasteiger partial charge in [0.1, 0.15) is 12.4 Å². The summed E-state index contributed by atoms with van der Waals surface area (Å²) in [5.74, 6) is 0.861. The van der Waals surface area contributed by atoms with E-state index < -0.39 is 5.82 Å². The van der Waals surface area contributed by atoms with Gasteiger partial charge in [-0.15, -0.1) is 4.39 Å². The molecule has 1 rings (SSSR count). The summed E-state index contributed by atoms with van der Waals surface area (Å²) >= 11 is 0. The van der Waals surface area contributed by atoms with Crippen LogP contribution in [-0.2, 0) is 0 Å². The lowest BCUT2D eigenvalue weighted by Crippen LogP contribution is -1.84. The molecule has 1 heterocycles. The third kappa shape index (κ3) is 1.19. The molecule has 9 heavy (non-hydrogen) atoms. The Labute approximate surface area is 49.1 Å². The molecule has 46 valence electrons. The molecule has 3 nitrogen and oxygen atoms in total. The summed E-state index contributed by atoms with van der Waals surface area (Å²) in [7, 11) is 0. The van der Waals surface area contributed by atoms with Gasteiger partial charge in [0.15, 0.2) is 0 Å². The fourth-order valence-corrected chi connectivity index (χ4v) is 0.341. The normalized spacial score (nSPS) is 8.11. The van der Waals surface area contributed by atoms with Crippen LogP contribution in [0, 0.1) is 12.1 Å². The SMILES string of the molecule is O=c1occ(C#CF)o1. The van der Waals surface area contributed by atoms with Crippen molar-refractivity contribution in [3.05, 3.63) is 22.6 Å². The van der Waals surface area contributed by atoms with Crippen molar-refractivity contribution in [1.29, 1.82) is 0 Å². The van der Waals surface area contributed by atoms with Gasteiger partial charge in [0.2, 0.25) is 5.76 Å². The zero-order valence-corrected chi connectivity index (χ0v) is 4.18. The van der Waals surface area contributed by atoms with E-state index in [1.54, 1.807) is 0 Å². The largest absolute Gasteiger partial charge is 0.519 e. The van der Waals surface area contributed by atoms with E-state index >= 15 is 0 Å². The van der Waals surface area contributed by atoms with Crippen molar-refractivity contribution < 1.29 is 13.2 Å². The topological polar surface area (TPSA) is 43.4 Å². The molecule has 1 aromatic heterocycles. The molecule has 0 saturated carbocycles. The Hall–Kier alpha value is -1.50. The second-order valence-corrected chi connectivity index (χ2v) is 1.17. The Morgan fingerprint density at radius 2 is 2.44 bits per heavy atom. The summed E-state index contributed by atoms with van der Waals surface area (Å²) in [4.78, 5) is 10.0. The first-order valence-electron chi connectivity index (χ1n) is 2.03. The van der Waals surface area contributed by atoms with Crippen LogP contribution in [0.25, 0.3) is 0 Å². The molecule has 0 atom stereocenters. The summed E-state index contributed by atoms with van der Waals surface area (Å²) in [6, 6.07) is 0. The molecule has 4 heteroatoms. The molecule has 0 unspecified atom stereocenters. The molecule has 0 saturated heterocycles. The van der Waals surface area contributed by atoms with Crippen molar-refractivity contribution in [3.63, 3.8) is 0 Å². The van der Waals surface area contributed by atoms with E-state index in [2.05, 4.69) is 8.83 Å². The number of rotatable bonds is 0. The monoisotopic (exact) mass is 128 g/mol. The highest BCUT2D eigenvalue weighted by Gasteiger charge is 1.93. The minimum atomic E-state index is -0.882. The van der Waals surface area contributed by atoms with Crippen molar-refractivity contribution in [2.24, 2.45) is 0 Å². The summed E-state index contributed by atoms with van der Waals surface area (Å²) in [5, 5.41) is 0. The maximum absolute atomic E-state index is 11.1.